The van der Waals surface area contributed by atoms with E-state index in [9.17, 15) is 0 Å². The Balaban J connectivity index is 1.69. The summed E-state index contributed by atoms with van der Waals surface area (Å²) in [6.45, 7) is 0.812. The number of hydrogen-bond acceptors (Lipinski definition) is 4. The summed E-state index contributed by atoms with van der Waals surface area (Å²) < 4.78 is 5.34. The number of rotatable bonds is 3. The third kappa shape index (κ3) is 2.80. The highest BCUT2D eigenvalue weighted by molar-refractivity contribution is 8.14. The topological polar surface area (TPSA) is 33.6 Å². The van der Waals surface area contributed by atoms with Gasteiger partial charge in [0.25, 0.3) is 0 Å². The van der Waals surface area contributed by atoms with Gasteiger partial charge in [0, 0.05) is 0 Å². The van der Waals surface area contributed by atoms with Crippen molar-refractivity contribution in [3.8, 4) is 5.75 Å². The van der Waals surface area contributed by atoms with E-state index in [-0.39, 0.29) is 0 Å². The average molecular weight is 284 g/mol. The van der Waals surface area contributed by atoms with Gasteiger partial charge in [-0.3, -0.25) is 4.99 Å². The number of ether oxygens (including phenoxy) is 1. The number of hydrogen-bond donors (Lipinski definition) is 1. The molecule has 3 nitrogen and oxygen atoms in total. The standard InChI is InChI=1S/C16H16N2OS/c1-19-14-10-6-5-9-13(14)18-16-17-11-15(20-16)12-7-3-2-4-8-12/h2-10,15H,11H2,1H3,(H,17,18). The second-order valence-electron chi connectivity index (χ2n) is 4.49. The van der Waals surface area contributed by atoms with Crippen LogP contribution in [0.15, 0.2) is 59.6 Å². The van der Waals surface area contributed by atoms with Gasteiger partial charge < -0.3 is 10.1 Å². The highest BCUT2D eigenvalue weighted by Gasteiger charge is 2.21. The van der Waals surface area contributed by atoms with E-state index in [2.05, 4.69) is 34.6 Å². The molecule has 1 aliphatic heterocycles. The summed E-state index contributed by atoms with van der Waals surface area (Å²) in [5, 5.41) is 4.69. The van der Waals surface area contributed by atoms with Gasteiger partial charge in [-0.05, 0) is 17.7 Å². The van der Waals surface area contributed by atoms with Crippen molar-refractivity contribution in [2.75, 3.05) is 19.0 Å². The Labute approximate surface area is 123 Å². The van der Waals surface area contributed by atoms with Crippen LogP contribution in [0.1, 0.15) is 10.8 Å². The monoisotopic (exact) mass is 284 g/mol. The van der Waals surface area contributed by atoms with Crippen LogP contribution in [-0.2, 0) is 0 Å². The quantitative estimate of drug-likeness (QED) is 0.926. The smallest absolute Gasteiger partial charge is 0.161 e. The molecule has 0 aromatic heterocycles. The van der Waals surface area contributed by atoms with Crippen molar-refractivity contribution in [1.82, 2.24) is 0 Å². The molecule has 1 N–H and O–H groups in total. The molecule has 2 aromatic rings. The van der Waals surface area contributed by atoms with Crippen molar-refractivity contribution in [2.24, 2.45) is 4.99 Å². The Morgan fingerprint density at radius 1 is 1.10 bits per heavy atom. The van der Waals surface area contributed by atoms with Crippen LogP contribution < -0.4 is 10.1 Å². The molecule has 0 saturated heterocycles. The number of nitrogens with one attached hydrogen (secondary N) is 1. The molecule has 0 bridgehead atoms. The van der Waals surface area contributed by atoms with Crippen molar-refractivity contribution < 1.29 is 4.74 Å². The SMILES string of the molecule is COc1ccccc1NC1=NCC(c2ccccc2)S1. The molecule has 0 amide bonds. The molecule has 102 valence electrons. The van der Waals surface area contributed by atoms with Gasteiger partial charge in [-0.1, -0.05) is 54.2 Å². The zero-order chi connectivity index (χ0) is 13.8. The largest absolute Gasteiger partial charge is 0.495 e. The molecule has 0 saturated carbocycles. The second-order valence-corrected chi connectivity index (χ2v) is 5.68. The van der Waals surface area contributed by atoms with Crippen LogP contribution in [0.5, 0.6) is 5.75 Å². The number of methoxy groups -OCH3 is 1. The third-order valence-corrected chi connectivity index (χ3v) is 4.33. The summed E-state index contributed by atoms with van der Waals surface area (Å²) in [6.07, 6.45) is 0. The van der Waals surface area contributed by atoms with E-state index >= 15 is 0 Å². The number of para-hydroxylation sites is 2. The van der Waals surface area contributed by atoms with Gasteiger partial charge in [0.1, 0.15) is 5.75 Å². The molecule has 0 spiro atoms. The van der Waals surface area contributed by atoms with Crippen LogP contribution in [0, 0.1) is 0 Å². The lowest BCUT2D eigenvalue weighted by molar-refractivity contribution is 0.417. The summed E-state index contributed by atoms with van der Waals surface area (Å²) in [4.78, 5) is 4.58. The Morgan fingerprint density at radius 3 is 2.65 bits per heavy atom. The third-order valence-electron chi connectivity index (χ3n) is 3.17. The number of aliphatic imine (C=N–C) groups is 1. The predicted octanol–water partition coefficient (Wildman–Crippen LogP) is 3.95. The minimum atomic E-state index is 0.397. The van der Waals surface area contributed by atoms with Gasteiger partial charge in [-0.2, -0.15) is 0 Å². The first kappa shape index (κ1) is 13.1. The fourth-order valence-corrected chi connectivity index (χ4v) is 3.18. The Hall–Kier alpha value is -1.94. The van der Waals surface area contributed by atoms with E-state index < -0.39 is 0 Å². The fourth-order valence-electron chi connectivity index (χ4n) is 2.15. The molecule has 4 heteroatoms. The van der Waals surface area contributed by atoms with Crippen molar-refractivity contribution in [1.29, 1.82) is 0 Å². The molecule has 1 unspecified atom stereocenters. The summed E-state index contributed by atoms with van der Waals surface area (Å²) in [6, 6.07) is 18.4. The molecule has 0 fully saturated rings. The first-order valence-electron chi connectivity index (χ1n) is 6.53. The van der Waals surface area contributed by atoms with E-state index in [0.717, 1.165) is 23.1 Å². The lowest BCUT2D eigenvalue weighted by Crippen LogP contribution is -2.06. The minimum Gasteiger partial charge on any atom is -0.495 e. The lowest BCUT2D eigenvalue weighted by Gasteiger charge is -2.11. The van der Waals surface area contributed by atoms with E-state index in [4.69, 9.17) is 4.74 Å². The van der Waals surface area contributed by atoms with E-state index in [1.165, 1.54) is 5.56 Å². The molecule has 1 heterocycles. The van der Waals surface area contributed by atoms with Crippen LogP contribution in [0.4, 0.5) is 5.69 Å². The zero-order valence-electron chi connectivity index (χ0n) is 11.2. The van der Waals surface area contributed by atoms with Crippen LogP contribution >= 0.6 is 11.8 Å². The highest BCUT2D eigenvalue weighted by Crippen LogP contribution is 2.36. The molecular formula is C16H16N2OS. The van der Waals surface area contributed by atoms with Crippen LogP contribution in [0.3, 0.4) is 0 Å². The molecule has 20 heavy (non-hydrogen) atoms. The van der Waals surface area contributed by atoms with Crippen LogP contribution in [0.2, 0.25) is 0 Å². The fraction of sp³-hybridized carbons (Fsp3) is 0.188. The Bertz CT molecular complexity index is 613. The molecule has 1 aliphatic rings. The molecule has 2 aromatic carbocycles. The number of benzene rings is 2. The number of nitrogens with zero attached hydrogens (tertiary/aromatic N) is 1. The lowest BCUT2D eigenvalue weighted by atomic mass is 10.1. The first-order valence-corrected chi connectivity index (χ1v) is 7.41. The van der Waals surface area contributed by atoms with Gasteiger partial charge >= 0.3 is 0 Å². The van der Waals surface area contributed by atoms with E-state index in [0.29, 0.717) is 5.25 Å². The van der Waals surface area contributed by atoms with Gasteiger partial charge in [0.2, 0.25) is 0 Å². The number of amidine groups is 1. The van der Waals surface area contributed by atoms with Gasteiger partial charge in [-0.25, -0.2) is 0 Å². The Morgan fingerprint density at radius 2 is 1.85 bits per heavy atom. The van der Waals surface area contributed by atoms with Gasteiger partial charge in [0.15, 0.2) is 5.17 Å². The van der Waals surface area contributed by atoms with Gasteiger partial charge in [0.05, 0.1) is 24.6 Å². The molecule has 0 radical (unpaired) electrons. The average Bonchev–Trinajstić information content (AvgIpc) is 2.97. The summed E-state index contributed by atoms with van der Waals surface area (Å²) in [5.41, 5.74) is 2.27. The zero-order valence-corrected chi connectivity index (χ0v) is 12.1. The van der Waals surface area contributed by atoms with Crippen molar-refractivity contribution in [3.63, 3.8) is 0 Å². The molecule has 3 rings (SSSR count). The molecule has 0 aliphatic carbocycles. The minimum absolute atomic E-state index is 0.397. The Kier molecular flexibility index (Phi) is 3.92. The summed E-state index contributed by atoms with van der Waals surface area (Å²) in [5.74, 6) is 0.832. The summed E-state index contributed by atoms with van der Waals surface area (Å²) >= 11 is 1.76. The summed E-state index contributed by atoms with van der Waals surface area (Å²) in [7, 11) is 1.68. The number of anilines is 1. The van der Waals surface area contributed by atoms with E-state index in [1.54, 1.807) is 18.9 Å². The van der Waals surface area contributed by atoms with Crippen molar-refractivity contribution in [3.05, 3.63) is 60.2 Å². The normalized spacial score (nSPS) is 17.6. The van der Waals surface area contributed by atoms with Crippen LogP contribution in [0.25, 0.3) is 0 Å². The van der Waals surface area contributed by atoms with Crippen LogP contribution in [-0.4, -0.2) is 18.8 Å². The maximum Gasteiger partial charge on any atom is 0.161 e. The van der Waals surface area contributed by atoms with E-state index in [1.807, 2.05) is 30.3 Å². The predicted molar refractivity (Wildman–Crippen MR) is 85.7 cm³/mol. The van der Waals surface area contributed by atoms with Gasteiger partial charge in [-0.15, -0.1) is 0 Å². The van der Waals surface area contributed by atoms with Crippen molar-refractivity contribution >= 4 is 22.6 Å². The first-order chi connectivity index (χ1) is 9.86. The van der Waals surface area contributed by atoms with Crippen molar-refractivity contribution in [2.45, 2.75) is 5.25 Å². The maximum absolute atomic E-state index is 5.34. The maximum atomic E-state index is 5.34. The molecular weight excluding hydrogens is 268 g/mol. The molecule has 1 atom stereocenters. The second kappa shape index (κ2) is 6.01. The number of thioether (sulfide) groups is 1. The highest BCUT2D eigenvalue weighted by atomic mass is 32.2.